The second kappa shape index (κ2) is 5.04. The summed E-state index contributed by atoms with van der Waals surface area (Å²) in [5.74, 6) is 1.28. The van der Waals surface area contributed by atoms with Crippen molar-refractivity contribution in [3.63, 3.8) is 0 Å². The van der Waals surface area contributed by atoms with Crippen LogP contribution in [0.3, 0.4) is 0 Å². The van der Waals surface area contributed by atoms with Crippen molar-refractivity contribution in [1.82, 2.24) is 9.97 Å². The van der Waals surface area contributed by atoms with E-state index in [1.54, 1.807) is 0 Å². The van der Waals surface area contributed by atoms with Crippen molar-refractivity contribution in [3.8, 4) is 11.6 Å². The standard InChI is InChI=1S/C15H13N3O/c16-9-11-4-3-5-12(8-11)19-15-13-6-1-2-7-14(13)17-10-18-15/h1-8,10H,9,16H2. The van der Waals surface area contributed by atoms with Crippen molar-refractivity contribution in [3.05, 3.63) is 60.4 Å². The van der Waals surface area contributed by atoms with Gasteiger partial charge >= 0.3 is 0 Å². The first-order valence-electron chi connectivity index (χ1n) is 6.03. The largest absolute Gasteiger partial charge is 0.438 e. The van der Waals surface area contributed by atoms with Gasteiger partial charge in [0.15, 0.2) is 0 Å². The summed E-state index contributed by atoms with van der Waals surface area (Å²) in [6.07, 6.45) is 1.50. The second-order valence-corrected chi connectivity index (χ2v) is 4.15. The van der Waals surface area contributed by atoms with E-state index in [1.807, 2.05) is 48.5 Å². The number of nitrogens with zero attached hydrogens (tertiary/aromatic N) is 2. The number of aromatic nitrogens is 2. The third kappa shape index (κ3) is 2.39. The van der Waals surface area contributed by atoms with Crippen molar-refractivity contribution >= 4 is 10.9 Å². The third-order valence-electron chi connectivity index (χ3n) is 2.85. The topological polar surface area (TPSA) is 61.0 Å². The van der Waals surface area contributed by atoms with Gasteiger partial charge in [-0.2, -0.15) is 0 Å². The molecule has 1 heterocycles. The molecule has 0 amide bonds. The van der Waals surface area contributed by atoms with Gasteiger partial charge in [0.25, 0.3) is 0 Å². The smallest absolute Gasteiger partial charge is 0.230 e. The lowest BCUT2D eigenvalue weighted by atomic mass is 10.2. The number of rotatable bonds is 3. The number of benzene rings is 2. The molecule has 3 rings (SSSR count). The predicted octanol–water partition coefficient (Wildman–Crippen LogP) is 2.88. The molecule has 0 spiro atoms. The highest BCUT2D eigenvalue weighted by atomic mass is 16.5. The van der Waals surface area contributed by atoms with Crippen molar-refractivity contribution in [2.24, 2.45) is 5.73 Å². The van der Waals surface area contributed by atoms with Gasteiger partial charge in [0.2, 0.25) is 5.88 Å². The molecule has 0 fully saturated rings. The van der Waals surface area contributed by atoms with Gasteiger partial charge in [0.1, 0.15) is 12.1 Å². The fourth-order valence-corrected chi connectivity index (χ4v) is 1.91. The number of ether oxygens (including phenoxy) is 1. The van der Waals surface area contributed by atoms with E-state index in [9.17, 15) is 0 Å². The van der Waals surface area contributed by atoms with Gasteiger partial charge in [-0.3, -0.25) is 0 Å². The minimum atomic E-state index is 0.488. The van der Waals surface area contributed by atoms with E-state index >= 15 is 0 Å². The molecule has 0 atom stereocenters. The minimum absolute atomic E-state index is 0.488. The van der Waals surface area contributed by atoms with Gasteiger partial charge in [-0.25, -0.2) is 9.97 Å². The van der Waals surface area contributed by atoms with Crippen molar-refractivity contribution in [2.45, 2.75) is 6.54 Å². The summed E-state index contributed by atoms with van der Waals surface area (Å²) < 4.78 is 5.83. The zero-order valence-corrected chi connectivity index (χ0v) is 10.3. The molecule has 0 aliphatic rings. The number of fused-ring (bicyclic) bond motifs is 1. The number of nitrogens with two attached hydrogens (primary N) is 1. The normalized spacial score (nSPS) is 10.6. The van der Waals surface area contributed by atoms with Crippen molar-refractivity contribution in [2.75, 3.05) is 0 Å². The molecular weight excluding hydrogens is 238 g/mol. The SMILES string of the molecule is NCc1cccc(Oc2ncnc3ccccc23)c1. The van der Waals surface area contributed by atoms with E-state index in [0.717, 1.165) is 22.2 Å². The van der Waals surface area contributed by atoms with Crippen LogP contribution in [-0.4, -0.2) is 9.97 Å². The van der Waals surface area contributed by atoms with Crippen LogP contribution in [0.25, 0.3) is 10.9 Å². The van der Waals surface area contributed by atoms with Crippen LogP contribution >= 0.6 is 0 Å². The van der Waals surface area contributed by atoms with E-state index in [0.29, 0.717) is 12.4 Å². The first-order chi connectivity index (χ1) is 9.36. The van der Waals surface area contributed by atoms with Crippen LogP contribution in [0.2, 0.25) is 0 Å². The lowest BCUT2D eigenvalue weighted by Crippen LogP contribution is -1.97. The van der Waals surface area contributed by atoms with E-state index in [1.165, 1.54) is 6.33 Å². The number of hydrogen-bond donors (Lipinski definition) is 1. The van der Waals surface area contributed by atoms with Crippen molar-refractivity contribution < 1.29 is 4.74 Å². The highest BCUT2D eigenvalue weighted by Gasteiger charge is 2.05. The minimum Gasteiger partial charge on any atom is -0.438 e. The van der Waals surface area contributed by atoms with Gasteiger partial charge in [-0.05, 0) is 29.8 Å². The Morgan fingerprint density at radius 1 is 1.00 bits per heavy atom. The summed E-state index contributed by atoms with van der Waals surface area (Å²) in [6, 6.07) is 15.4. The molecule has 19 heavy (non-hydrogen) atoms. The highest BCUT2D eigenvalue weighted by Crippen LogP contribution is 2.26. The molecule has 0 aliphatic heterocycles. The second-order valence-electron chi connectivity index (χ2n) is 4.15. The molecule has 0 saturated carbocycles. The lowest BCUT2D eigenvalue weighted by Gasteiger charge is -2.08. The van der Waals surface area contributed by atoms with Gasteiger partial charge in [-0.15, -0.1) is 0 Å². The van der Waals surface area contributed by atoms with Gasteiger partial charge in [-0.1, -0.05) is 24.3 Å². The summed E-state index contributed by atoms with van der Waals surface area (Å²) >= 11 is 0. The molecule has 94 valence electrons. The van der Waals surface area contributed by atoms with Crippen LogP contribution < -0.4 is 10.5 Å². The molecule has 2 aromatic carbocycles. The van der Waals surface area contributed by atoms with Gasteiger partial charge in [0.05, 0.1) is 10.9 Å². The fraction of sp³-hybridized carbons (Fsp3) is 0.0667. The lowest BCUT2D eigenvalue weighted by molar-refractivity contribution is 0.467. The Bertz CT molecular complexity index is 707. The third-order valence-corrected chi connectivity index (χ3v) is 2.85. The number of hydrogen-bond acceptors (Lipinski definition) is 4. The summed E-state index contributed by atoms with van der Waals surface area (Å²) in [5.41, 5.74) is 7.51. The maximum atomic E-state index is 5.83. The van der Waals surface area contributed by atoms with E-state index < -0.39 is 0 Å². The van der Waals surface area contributed by atoms with Crippen LogP contribution in [0.1, 0.15) is 5.56 Å². The Kier molecular flexibility index (Phi) is 3.08. The Balaban J connectivity index is 2.01. The van der Waals surface area contributed by atoms with Crippen LogP contribution in [0.15, 0.2) is 54.9 Å². The highest BCUT2D eigenvalue weighted by molar-refractivity contribution is 5.83. The Hall–Kier alpha value is -2.46. The number of para-hydroxylation sites is 1. The fourth-order valence-electron chi connectivity index (χ4n) is 1.91. The molecule has 0 aliphatic carbocycles. The summed E-state index contributed by atoms with van der Waals surface area (Å²) in [6.45, 7) is 0.488. The molecule has 4 heteroatoms. The monoisotopic (exact) mass is 251 g/mol. The first-order valence-corrected chi connectivity index (χ1v) is 6.03. The summed E-state index contributed by atoms with van der Waals surface area (Å²) in [4.78, 5) is 8.40. The summed E-state index contributed by atoms with van der Waals surface area (Å²) in [7, 11) is 0. The molecular formula is C15H13N3O. The van der Waals surface area contributed by atoms with Crippen LogP contribution in [0.4, 0.5) is 0 Å². The van der Waals surface area contributed by atoms with Gasteiger partial charge in [0, 0.05) is 6.54 Å². The molecule has 0 saturated heterocycles. The molecule has 2 N–H and O–H groups in total. The quantitative estimate of drug-likeness (QED) is 0.777. The molecule has 1 aromatic heterocycles. The molecule has 0 radical (unpaired) electrons. The van der Waals surface area contributed by atoms with E-state index in [4.69, 9.17) is 10.5 Å². The Morgan fingerprint density at radius 2 is 1.89 bits per heavy atom. The Labute approximate surface area is 110 Å². The zero-order chi connectivity index (χ0) is 13.1. The zero-order valence-electron chi connectivity index (χ0n) is 10.3. The maximum absolute atomic E-state index is 5.83. The molecule has 0 unspecified atom stereocenters. The van der Waals surface area contributed by atoms with Gasteiger partial charge < -0.3 is 10.5 Å². The summed E-state index contributed by atoms with van der Waals surface area (Å²) in [5, 5.41) is 0.892. The van der Waals surface area contributed by atoms with Crippen LogP contribution in [0, 0.1) is 0 Å². The Morgan fingerprint density at radius 3 is 2.79 bits per heavy atom. The average Bonchev–Trinajstić information content (AvgIpc) is 2.48. The maximum Gasteiger partial charge on any atom is 0.230 e. The molecule has 4 nitrogen and oxygen atoms in total. The first kappa shape index (κ1) is 11.6. The molecule has 3 aromatic rings. The molecule has 0 bridgehead atoms. The predicted molar refractivity (Wildman–Crippen MR) is 73.9 cm³/mol. The average molecular weight is 251 g/mol. The van der Waals surface area contributed by atoms with Crippen molar-refractivity contribution in [1.29, 1.82) is 0 Å². The van der Waals surface area contributed by atoms with Crippen LogP contribution in [-0.2, 0) is 6.54 Å². The van der Waals surface area contributed by atoms with E-state index in [-0.39, 0.29) is 0 Å². The van der Waals surface area contributed by atoms with E-state index in [2.05, 4.69) is 9.97 Å². The van der Waals surface area contributed by atoms with Crippen LogP contribution in [0.5, 0.6) is 11.6 Å².